The molecule has 5 nitrogen and oxygen atoms in total. The highest BCUT2D eigenvalue weighted by Crippen LogP contribution is 2.37. The Balaban J connectivity index is 1.85. The van der Waals surface area contributed by atoms with Crippen LogP contribution in [0.2, 0.25) is 0 Å². The number of benzene rings is 2. The maximum Gasteiger partial charge on any atom is 0.416 e. The number of hydrogen-bond acceptors (Lipinski definition) is 4. The number of halogens is 3. The third-order valence-corrected chi connectivity index (χ3v) is 6.53. The summed E-state index contributed by atoms with van der Waals surface area (Å²) in [5.41, 5.74) is 1.22. The number of nitrogens with zero attached hydrogens (tertiary/aromatic N) is 2. The standard InChI is InChI=1S/C23H25F3N2O3S/c1-30-20-10-3-14(11-21(20)31-2)13-27-19-12-15(23(24,25)26)4-9-18(19)28(22(27)32)16-5-7-17(29)8-6-16/h3-4,9-12,16-17,29H,5-8,13H2,1-2H3. The van der Waals surface area contributed by atoms with Crippen LogP contribution in [-0.2, 0) is 12.7 Å². The van der Waals surface area contributed by atoms with Gasteiger partial charge < -0.3 is 23.7 Å². The molecule has 1 aliphatic rings. The van der Waals surface area contributed by atoms with Crippen LogP contribution in [-0.4, -0.2) is 34.6 Å². The minimum Gasteiger partial charge on any atom is -0.493 e. The normalized spacial score (nSPS) is 19.3. The molecular formula is C23H25F3N2O3S. The van der Waals surface area contributed by atoms with Crippen LogP contribution in [0.25, 0.3) is 11.0 Å². The summed E-state index contributed by atoms with van der Waals surface area (Å²) in [7, 11) is 3.08. The molecule has 1 N–H and O–H groups in total. The summed E-state index contributed by atoms with van der Waals surface area (Å²) in [6, 6.07) is 9.22. The molecule has 0 saturated heterocycles. The second kappa shape index (κ2) is 8.78. The first-order chi connectivity index (χ1) is 15.2. The molecule has 0 aliphatic heterocycles. The van der Waals surface area contributed by atoms with Crippen molar-refractivity contribution in [3.05, 3.63) is 52.3 Å². The zero-order chi connectivity index (χ0) is 23.0. The van der Waals surface area contributed by atoms with Crippen molar-refractivity contribution < 1.29 is 27.8 Å². The van der Waals surface area contributed by atoms with Crippen molar-refractivity contribution in [2.45, 2.75) is 50.6 Å². The van der Waals surface area contributed by atoms with Gasteiger partial charge in [0, 0.05) is 6.04 Å². The van der Waals surface area contributed by atoms with Crippen molar-refractivity contribution in [1.82, 2.24) is 9.13 Å². The van der Waals surface area contributed by atoms with Gasteiger partial charge in [0.15, 0.2) is 16.3 Å². The molecule has 1 heterocycles. The molecule has 0 amide bonds. The molecule has 0 bridgehead atoms. The monoisotopic (exact) mass is 466 g/mol. The van der Waals surface area contributed by atoms with Crippen molar-refractivity contribution in [3.8, 4) is 11.5 Å². The topological polar surface area (TPSA) is 48.5 Å². The summed E-state index contributed by atoms with van der Waals surface area (Å²) < 4.78 is 55.2. The van der Waals surface area contributed by atoms with Gasteiger partial charge in [-0.3, -0.25) is 0 Å². The average molecular weight is 467 g/mol. The summed E-state index contributed by atoms with van der Waals surface area (Å²) in [4.78, 5) is 0. The van der Waals surface area contributed by atoms with Gasteiger partial charge in [-0.25, -0.2) is 0 Å². The molecule has 0 spiro atoms. The highest BCUT2D eigenvalue weighted by molar-refractivity contribution is 7.71. The Morgan fingerprint density at radius 3 is 2.28 bits per heavy atom. The summed E-state index contributed by atoms with van der Waals surface area (Å²) in [6.45, 7) is 0.291. The maximum atomic E-state index is 13.5. The minimum absolute atomic E-state index is 0.0387. The number of fused-ring (bicyclic) bond motifs is 1. The highest BCUT2D eigenvalue weighted by atomic mass is 32.1. The molecule has 32 heavy (non-hydrogen) atoms. The lowest BCUT2D eigenvalue weighted by Gasteiger charge is -2.27. The zero-order valence-electron chi connectivity index (χ0n) is 17.9. The molecule has 0 radical (unpaired) electrons. The number of methoxy groups -OCH3 is 2. The molecule has 1 aliphatic carbocycles. The Bertz CT molecular complexity index is 1180. The van der Waals surface area contributed by atoms with E-state index in [-0.39, 0.29) is 12.1 Å². The summed E-state index contributed by atoms with van der Waals surface area (Å²) in [5.74, 6) is 1.11. The molecule has 0 unspecified atom stereocenters. The van der Waals surface area contributed by atoms with Crippen LogP contribution in [0, 0.1) is 4.77 Å². The lowest BCUT2D eigenvalue weighted by atomic mass is 9.93. The Hall–Kier alpha value is -2.52. The van der Waals surface area contributed by atoms with Crippen LogP contribution in [0.1, 0.15) is 42.9 Å². The second-order valence-corrected chi connectivity index (χ2v) is 8.46. The van der Waals surface area contributed by atoms with Crippen molar-refractivity contribution in [1.29, 1.82) is 0 Å². The molecule has 2 aromatic carbocycles. The van der Waals surface area contributed by atoms with E-state index in [1.807, 2.05) is 10.6 Å². The first-order valence-electron chi connectivity index (χ1n) is 10.4. The summed E-state index contributed by atoms with van der Waals surface area (Å²) in [5, 5.41) is 9.89. The van der Waals surface area contributed by atoms with Crippen LogP contribution >= 0.6 is 12.2 Å². The number of ether oxygens (including phenoxy) is 2. The van der Waals surface area contributed by atoms with Crippen LogP contribution in [0.4, 0.5) is 13.2 Å². The summed E-state index contributed by atoms with van der Waals surface area (Å²) in [6.07, 6.45) is -2.03. The number of alkyl halides is 3. The van der Waals surface area contributed by atoms with Gasteiger partial charge in [-0.15, -0.1) is 0 Å². The van der Waals surface area contributed by atoms with E-state index in [0.29, 0.717) is 46.7 Å². The SMILES string of the molecule is COc1ccc(Cn2c(=S)n(C3CCC(O)CC3)c3ccc(C(F)(F)F)cc32)cc1OC. The van der Waals surface area contributed by atoms with Crippen molar-refractivity contribution in [2.75, 3.05) is 14.2 Å². The van der Waals surface area contributed by atoms with E-state index in [4.69, 9.17) is 21.7 Å². The molecular weight excluding hydrogens is 441 g/mol. The zero-order valence-corrected chi connectivity index (χ0v) is 18.7. The highest BCUT2D eigenvalue weighted by Gasteiger charge is 2.32. The van der Waals surface area contributed by atoms with E-state index in [2.05, 4.69) is 0 Å². The van der Waals surface area contributed by atoms with E-state index < -0.39 is 11.7 Å². The van der Waals surface area contributed by atoms with Crippen LogP contribution in [0.15, 0.2) is 36.4 Å². The van der Waals surface area contributed by atoms with Gasteiger partial charge in [-0.2, -0.15) is 13.2 Å². The quantitative estimate of drug-likeness (QED) is 0.488. The van der Waals surface area contributed by atoms with Gasteiger partial charge >= 0.3 is 6.18 Å². The van der Waals surface area contributed by atoms with Crippen molar-refractivity contribution >= 4 is 23.3 Å². The average Bonchev–Trinajstić information content (AvgIpc) is 3.04. The van der Waals surface area contributed by atoms with Gasteiger partial charge in [0.25, 0.3) is 0 Å². The first-order valence-corrected chi connectivity index (χ1v) is 10.8. The predicted octanol–water partition coefficient (Wildman–Crippen LogP) is 5.73. The van der Waals surface area contributed by atoms with Gasteiger partial charge in [-0.05, 0) is 73.8 Å². The van der Waals surface area contributed by atoms with Crippen LogP contribution in [0.5, 0.6) is 11.5 Å². The fourth-order valence-electron chi connectivity index (χ4n) is 4.44. The predicted molar refractivity (Wildman–Crippen MR) is 118 cm³/mol. The fourth-order valence-corrected chi connectivity index (χ4v) is 4.85. The number of imidazole rings is 1. The number of rotatable bonds is 5. The molecule has 4 rings (SSSR count). The van der Waals surface area contributed by atoms with E-state index in [0.717, 1.165) is 24.5 Å². The third-order valence-electron chi connectivity index (χ3n) is 6.11. The smallest absolute Gasteiger partial charge is 0.416 e. The minimum atomic E-state index is -4.45. The molecule has 3 aromatic rings. The van der Waals surface area contributed by atoms with Crippen LogP contribution < -0.4 is 9.47 Å². The third kappa shape index (κ3) is 4.23. The fraction of sp³-hybridized carbons (Fsp3) is 0.435. The Kier molecular flexibility index (Phi) is 6.22. The molecule has 9 heteroatoms. The second-order valence-electron chi connectivity index (χ2n) is 8.09. The van der Waals surface area contributed by atoms with Gasteiger partial charge in [0.05, 0.1) is 43.5 Å². The van der Waals surface area contributed by atoms with Crippen molar-refractivity contribution in [3.63, 3.8) is 0 Å². The van der Waals surface area contributed by atoms with E-state index >= 15 is 0 Å². The molecule has 172 valence electrons. The number of aliphatic hydroxyl groups excluding tert-OH is 1. The largest absolute Gasteiger partial charge is 0.493 e. The molecule has 1 saturated carbocycles. The molecule has 0 atom stereocenters. The Morgan fingerprint density at radius 1 is 0.969 bits per heavy atom. The van der Waals surface area contributed by atoms with Crippen LogP contribution in [0.3, 0.4) is 0 Å². The number of aromatic nitrogens is 2. The van der Waals surface area contributed by atoms with Gasteiger partial charge in [0.1, 0.15) is 0 Å². The maximum absolute atomic E-state index is 13.5. The summed E-state index contributed by atoms with van der Waals surface area (Å²) >= 11 is 5.78. The lowest BCUT2D eigenvalue weighted by Crippen LogP contribution is -2.21. The van der Waals surface area contributed by atoms with Gasteiger partial charge in [0.2, 0.25) is 0 Å². The number of aliphatic hydroxyl groups is 1. The van der Waals surface area contributed by atoms with E-state index in [1.54, 1.807) is 23.8 Å². The van der Waals surface area contributed by atoms with E-state index in [1.165, 1.54) is 19.2 Å². The first kappa shape index (κ1) is 22.7. The van der Waals surface area contributed by atoms with E-state index in [9.17, 15) is 18.3 Å². The molecule has 1 fully saturated rings. The van der Waals surface area contributed by atoms with Crippen molar-refractivity contribution in [2.24, 2.45) is 0 Å². The Morgan fingerprint density at radius 2 is 1.66 bits per heavy atom. The van der Waals surface area contributed by atoms with Gasteiger partial charge in [-0.1, -0.05) is 6.07 Å². The Labute approximate surface area is 189 Å². The number of hydrogen-bond donors (Lipinski definition) is 1. The molecule has 1 aromatic heterocycles. The lowest BCUT2D eigenvalue weighted by molar-refractivity contribution is -0.137.